The van der Waals surface area contributed by atoms with Crippen LogP contribution >= 0.6 is 0 Å². The average Bonchev–Trinajstić information content (AvgIpc) is 3.25. The standard InChI is InChI=1S/C20H21N3O6S2/c1-29-17-12-15(13-22-16(17)11-10-14-6-2-3-7-14)20(24)23-31(27,28)19-9-5-4-8-18(19)30(21,25)26/h4-5,8-9,12-14H,2-3,6-7H2,1H3,(H,23,24)(H2,21,25,26). The third-order valence-electron chi connectivity index (χ3n) is 4.76. The molecule has 0 aliphatic heterocycles. The molecule has 1 saturated carbocycles. The number of carbonyl (C=O) groups excluding carboxylic acids is 1. The van der Waals surface area contributed by atoms with Gasteiger partial charge in [-0.3, -0.25) is 4.79 Å². The molecule has 0 saturated heterocycles. The van der Waals surface area contributed by atoms with Gasteiger partial charge in [-0.05, 0) is 37.0 Å². The van der Waals surface area contributed by atoms with E-state index in [0.29, 0.717) is 11.6 Å². The second-order valence-electron chi connectivity index (χ2n) is 6.95. The number of ether oxygens (including phenoxy) is 1. The molecule has 1 aliphatic rings. The summed E-state index contributed by atoms with van der Waals surface area (Å²) in [5.74, 6) is 5.62. The molecule has 0 spiro atoms. The largest absolute Gasteiger partial charge is 0.494 e. The predicted octanol–water partition coefficient (Wildman–Crippen LogP) is 1.40. The van der Waals surface area contributed by atoms with Crippen LogP contribution in [0.3, 0.4) is 0 Å². The molecule has 9 nitrogen and oxygen atoms in total. The van der Waals surface area contributed by atoms with Crippen molar-refractivity contribution in [2.45, 2.75) is 35.5 Å². The fourth-order valence-corrected chi connectivity index (χ4v) is 5.56. The van der Waals surface area contributed by atoms with Gasteiger partial charge in [-0.1, -0.05) is 30.9 Å². The maximum Gasteiger partial charge on any atom is 0.266 e. The Labute approximate surface area is 181 Å². The van der Waals surface area contributed by atoms with Gasteiger partial charge in [-0.2, -0.15) is 0 Å². The molecule has 31 heavy (non-hydrogen) atoms. The van der Waals surface area contributed by atoms with Crippen molar-refractivity contribution in [2.75, 3.05) is 7.11 Å². The maximum absolute atomic E-state index is 12.6. The van der Waals surface area contributed by atoms with Gasteiger partial charge in [0, 0.05) is 12.1 Å². The minimum Gasteiger partial charge on any atom is -0.494 e. The lowest BCUT2D eigenvalue weighted by molar-refractivity contribution is 0.0980. The number of rotatable bonds is 5. The SMILES string of the molecule is COc1cc(C(=O)NS(=O)(=O)c2ccccc2S(N)(=O)=O)cnc1C#CC1CCCC1. The summed E-state index contributed by atoms with van der Waals surface area (Å²) >= 11 is 0. The molecule has 0 radical (unpaired) electrons. The zero-order valence-electron chi connectivity index (χ0n) is 16.7. The number of amides is 1. The minimum atomic E-state index is -4.53. The summed E-state index contributed by atoms with van der Waals surface area (Å²) in [6.07, 6.45) is 5.54. The Morgan fingerprint density at radius 1 is 1.16 bits per heavy atom. The normalized spacial score (nSPS) is 14.5. The van der Waals surface area contributed by atoms with Gasteiger partial charge in [-0.25, -0.2) is 31.7 Å². The topological polar surface area (TPSA) is 146 Å². The molecule has 1 aromatic heterocycles. The number of aromatic nitrogens is 1. The molecular weight excluding hydrogens is 442 g/mol. The van der Waals surface area contributed by atoms with Crippen LogP contribution in [0.1, 0.15) is 41.7 Å². The molecule has 11 heteroatoms. The van der Waals surface area contributed by atoms with E-state index >= 15 is 0 Å². The van der Waals surface area contributed by atoms with E-state index in [-0.39, 0.29) is 11.3 Å². The smallest absolute Gasteiger partial charge is 0.266 e. The number of methoxy groups -OCH3 is 1. The van der Waals surface area contributed by atoms with Gasteiger partial charge in [0.2, 0.25) is 10.0 Å². The highest BCUT2D eigenvalue weighted by Gasteiger charge is 2.26. The van der Waals surface area contributed by atoms with Gasteiger partial charge in [0.25, 0.3) is 15.9 Å². The van der Waals surface area contributed by atoms with E-state index in [1.165, 1.54) is 31.5 Å². The molecular formula is C20H21N3O6S2. The first kappa shape index (κ1) is 22.7. The summed E-state index contributed by atoms with van der Waals surface area (Å²) in [5, 5.41) is 5.08. The molecule has 1 fully saturated rings. The van der Waals surface area contributed by atoms with Gasteiger partial charge < -0.3 is 4.74 Å². The van der Waals surface area contributed by atoms with Crippen LogP contribution in [-0.2, 0) is 20.0 Å². The summed E-state index contributed by atoms with van der Waals surface area (Å²) < 4.78 is 55.7. The fourth-order valence-electron chi connectivity index (χ4n) is 3.20. The van der Waals surface area contributed by atoms with E-state index in [0.717, 1.165) is 37.8 Å². The van der Waals surface area contributed by atoms with Crippen LogP contribution in [0.4, 0.5) is 0 Å². The second-order valence-corrected chi connectivity index (χ2v) is 10.1. The molecule has 1 aliphatic carbocycles. The highest BCUT2D eigenvalue weighted by Crippen LogP contribution is 2.25. The Balaban J connectivity index is 1.87. The summed E-state index contributed by atoms with van der Waals surface area (Å²) in [6, 6.07) is 6.03. The third-order valence-corrected chi connectivity index (χ3v) is 7.24. The quantitative estimate of drug-likeness (QED) is 0.637. The Hall–Kier alpha value is -2.94. The first-order valence-corrected chi connectivity index (χ1v) is 12.4. The second kappa shape index (κ2) is 9.05. The lowest BCUT2D eigenvalue weighted by atomic mass is 10.1. The maximum atomic E-state index is 12.6. The Kier molecular flexibility index (Phi) is 6.64. The van der Waals surface area contributed by atoms with E-state index in [1.807, 2.05) is 4.72 Å². The number of carbonyl (C=O) groups is 1. The Morgan fingerprint density at radius 3 is 2.42 bits per heavy atom. The summed E-state index contributed by atoms with van der Waals surface area (Å²) in [6.45, 7) is 0. The summed E-state index contributed by atoms with van der Waals surface area (Å²) in [7, 11) is -7.47. The zero-order chi connectivity index (χ0) is 22.6. The monoisotopic (exact) mass is 463 g/mol. The number of nitrogens with two attached hydrogens (primary N) is 1. The van der Waals surface area contributed by atoms with Gasteiger partial charge in [0.05, 0.1) is 12.7 Å². The first-order chi connectivity index (χ1) is 14.6. The van der Waals surface area contributed by atoms with Crippen LogP contribution < -0.4 is 14.6 Å². The fraction of sp³-hybridized carbons (Fsp3) is 0.300. The lowest BCUT2D eigenvalue weighted by Gasteiger charge is -2.11. The van der Waals surface area contributed by atoms with Crippen molar-refractivity contribution < 1.29 is 26.4 Å². The zero-order valence-corrected chi connectivity index (χ0v) is 18.3. The lowest BCUT2D eigenvalue weighted by Crippen LogP contribution is -2.32. The molecule has 3 rings (SSSR count). The number of nitrogens with zero attached hydrogens (tertiary/aromatic N) is 1. The third kappa shape index (κ3) is 5.41. The molecule has 1 aromatic carbocycles. The molecule has 0 unspecified atom stereocenters. The Bertz CT molecular complexity index is 1270. The van der Waals surface area contributed by atoms with Gasteiger partial charge in [0.1, 0.15) is 9.79 Å². The van der Waals surface area contributed by atoms with Crippen LogP contribution in [0.25, 0.3) is 0 Å². The molecule has 0 atom stereocenters. The van der Waals surface area contributed by atoms with Gasteiger partial charge >= 0.3 is 0 Å². The van der Waals surface area contributed by atoms with Crippen LogP contribution in [0.5, 0.6) is 5.75 Å². The average molecular weight is 464 g/mol. The minimum absolute atomic E-state index is 0.0973. The number of sulfonamides is 2. The predicted molar refractivity (Wildman–Crippen MR) is 112 cm³/mol. The number of pyridine rings is 1. The molecule has 0 bridgehead atoms. The van der Waals surface area contributed by atoms with Crippen LogP contribution in [0, 0.1) is 17.8 Å². The highest BCUT2D eigenvalue weighted by molar-refractivity contribution is 7.92. The van der Waals surface area contributed by atoms with E-state index in [2.05, 4.69) is 16.8 Å². The highest BCUT2D eigenvalue weighted by atomic mass is 32.2. The number of hydrogen-bond donors (Lipinski definition) is 2. The van der Waals surface area contributed by atoms with Crippen molar-refractivity contribution in [2.24, 2.45) is 11.1 Å². The molecule has 1 heterocycles. The van der Waals surface area contributed by atoms with Crippen LogP contribution in [-0.4, -0.2) is 34.8 Å². The molecule has 3 N–H and O–H groups in total. The first-order valence-electron chi connectivity index (χ1n) is 9.36. The molecule has 1 amide bonds. The van der Waals surface area contributed by atoms with Crippen molar-refractivity contribution in [1.82, 2.24) is 9.71 Å². The van der Waals surface area contributed by atoms with Crippen molar-refractivity contribution >= 4 is 26.0 Å². The van der Waals surface area contributed by atoms with Crippen molar-refractivity contribution in [3.63, 3.8) is 0 Å². The number of benzene rings is 1. The van der Waals surface area contributed by atoms with E-state index in [9.17, 15) is 21.6 Å². The van der Waals surface area contributed by atoms with Gasteiger partial charge in [-0.15, -0.1) is 0 Å². The molecule has 164 valence electrons. The van der Waals surface area contributed by atoms with E-state index in [1.54, 1.807) is 0 Å². The van der Waals surface area contributed by atoms with Crippen LogP contribution in [0.15, 0.2) is 46.3 Å². The number of hydrogen-bond acceptors (Lipinski definition) is 7. The van der Waals surface area contributed by atoms with Crippen LogP contribution in [0.2, 0.25) is 0 Å². The van der Waals surface area contributed by atoms with Crippen molar-refractivity contribution in [3.05, 3.63) is 47.8 Å². The molecule has 2 aromatic rings. The number of primary sulfonamides is 1. The van der Waals surface area contributed by atoms with E-state index in [4.69, 9.17) is 9.88 Å². The van der Waals surface area contributed by atoms with Gasteiger partial charge in [0.15, 0.2) is 11.4 Å². The van der Waals surface area contributed by atoms with Crippen molar-refractivity contribution in [1.29, 1.82) is 0 Å². The summed E-state index contributed by atoms with van der Waals surface area (Å²) in [5.41, 5.74) is 0.244. The van der Waals surface area contributed by atoms with E-state index < -0.39 is 35.7 Å². The van der Waals surface area contributed by atoms with Crippen molar-refractivity contribution in [3.8, 4) is 17.6 Å². The summed E-state index contributed by atoms with van der Waals surface area (Å²) in [4.78, 5) is 15.4. The Morgan fingerprint density at radius 2 is 1.81 bits per heavy atom. The number of nitrogens with one attached hydrogen (secondary N) is 1.